The molecule has 0 bridgehead atoms. The zero-order chi connectivity index (χ0) is 8.10. The summed E-state index contributed by atoms with van der Waals surface area (Å²) in [6.07, 6.45) is 4.99. The van der Waals surface area contributed by atoms with Crippen molar-refractivity contribution in [1.82, 2.24) is 5.32 Å². The molecule has 0 atom stereocenters. The van der Waals surface area contributed by atoms with Gasteiger partial charge in [-0.25, -0.2) is 9.98 Å². The average molecular weight is 149 g/mol. The Morgan fingerprint density at radius 1 is 1.55 bits per heavy atom. The zero-order valence-electron chi connectivity index (χ0n) is 6.70. The van der Waals surface area contributed by atoms with Crippen molar-refractivity contribution < 1.29 is 0 Å². The first-order chi connectivity index (χ1) is 5.29. The zero-order valence-corrected chi connectivity index (χ0v) is 6.70. The third-order valence-corrected chi connectivity index (χ3v) is 1.06. The molecule has 58 valence electrons. The van der Waals surface area contributed by atoms with E-state index in [0.717, 1.165) is 5.82 Å². The number of hydrogen-bond donors (Lipinski definition) is 1. The minimum Gasteiger partial charge on any atom is -0.367 e. The first kappa shape index (κ1) is 7.76. The van der Waals surface area contributed by atoms with Crippen LogP contribution in [0.2, 0.25) is 0 Å². The number of aliphatic imine (C=N–C) groups is 2. The maximum atomic E-state index is 4.08. The monoisotopic (exact) mass is 149 g/mol. The minimum absolute atomic E-state index is 0.381. The van der Waals surface area contributed by atoms with Crippen molar-refractivity contribution in [3.05, 3.63) is 18.1 Å². The van der Waals surface area contributed by atoms with Gasteiger partial charge in [-0.1, -0.05) is 0 Å². The molecule has 0 spiro atoms. The largest absolute Gasteiger partial charge is 0.367 e. The van der Waals surface area contributed by atoms with Crippen LogP contribution in [0.25, 0.3) is 0 Å². The van der Waals surface area contributed by atoms with Gasteiger partial charge < -0.3 is 5.32 Å². The summed E-state index contributed by atoms with van der Waals surface area (Å²) in [6, 6.07) is 0.381. The molecule has 0 radical (unpaired) electrons. The lowest BCUT2D eigenvalue weighted by molar-refractivity contribution is 0.663. The van der Waals surface area contributed by atoms with Crippen molar-refractivity contribution >= 4 is 12.1 Å². The molecule has 1 heterocycles. The van der Waals surface area contributed by atoms with Crippen molar-refractivity contribution in [3.63, 3.8) is 0 Å². The predicted molar refractivity (Wildman–Crippen MR) is 46.9 cm³/mol. The van der Waals surface area contributed by atoms with E-state index in [1.54, 1.807) is 18.5 Å². The normalized spacial score (nSPS) is 15.0. The Morgan fingerprint density at radius 3 is 3.09 bits per heavy atom. The molecule has 1 rings (SSSR count). The number of allylic oxidation sites excluding steroid dienone is 1. The van der Waals surface area contributed by atoms with Crippen LogP contribution in [0.3, 0.4) is 0 Å². The number of nitrogens with one attached hydrogen (secondary N) is 1. The van der Waals surface area contributed by atoms with Crippen LogP contribution in [0.15, 0.2) is 28.1 Å². The van der Waals surface area contributed by atoms with Gasteiger partial charge in [-0.05, 0) is 19.7 Å². The van der Waals surface area contributed by atoms with Crippen molar-refractivity contribution in [2.75, 3.05) is 0 Å². The molecule has 0 unspecified atom stereocenters. The van der Waals surface area contributed by atoms with Crippen LogP contribution >= 0.6 is 0 Å². The van der Waals surface area contributed by atoms with E-state index in [-0.39, 0.29) is 0 Å². The summed E-state index contributed by atoms with van der Waals surface area (Å²) in [4.78, 5) is 7.93. The third-order valence-electron chi connectivity index (χ3n) is 1.06. The first-order valence-electron chi connectivity index (χ1n) is 3.57. The number of hydrogen-bond acceptors (Lipinski definition) is 3. The molecule has 0 aromatic rings. The van der Waals surface area contributed by atoms with Gasteiger partial charge in [-0.15, -0.1) is 0 Å². The van der Waals surface area contributed by atoms with E-state index >= 15 is 0 Å². The molecule has 0 fully saturated rings. The Hall–Kier alpha value is -1.34. The lowest BCUT2D eigenvalue weighted by Crippen LogP contribution is -2.20. The molecule has 3 heteroatoms. The molecular formula is C8H11N3. The van der Waals surface area contributed by atoms with Crippen molar-refractivity contribution in [1.29, 1.82) is 0 Å². The van der Waals surface area contributed by atoms with Gasteiger partial charge >= 0.3 is 0 Å². The lowest BCUT2D eigenvalue weighted by Gasteiger charge is -2.07. The van der Waals surface area contributed by atoms with E-state index in [1.807, 2.05) is 0 Å². The van der Waals surface area contributed by atoms with Gasteiger partial charge in [0.25, 0.3) is 0 Å². The van der Waals surface area contributed by atoms with Crippen molar-refractivity contribution in [2.24, 2.45) is 9.98 Å². The van der Waals surface area contributed by atoms with E-state index in [9.17, 15) is 0 Å². The molecule has 0 aromatic heterocycles. The van der Waals surface area contributed by atoms with Gasteiger partial charge in [0.1, 0.15) is 5.82 Å². The maximum Gasteiger partial charge on any atom is 0.145 e. The quantitative estimate of drug-likeness (QED) is 0.627. The number of nitrogens with zero attached hydrogens (tertiary/aromatic N) is 2. The second kappa shape index (κ2) is 3.74. The van der Waals surface area contributed by atoms with Crippen molar-refractivity contribution in [2.45, 2.75) is 19.9 Å². The molecular weight excluding hydrogens is 138 g/mol. The molecule has 1 N–H and O–H groups in total. The molecule has 0 aliphatic carbocycles. The van der Waals surface area contributed by atoms with Crippen LogP contribution in [0.4, 0.5) is 0 Å². The SMILES string of the molecule is CC(C)NC1=CN=C=CC=N1. The van der Waals surface area contributed by atoms with Gasteiger partial charge in [-0.2, -0.15) is 0 Å². The van der Waals surface area contributed by atoms with Gasteiger partial charge in [0, 0.05) is 18.3 Å². The van der Waals surface area contributed by atoms with Crippen LogP contribution in [-0.2, 0) is 0 Å². The van der Waals surface area contributed by atoms with Crippen LogP contribution < -0.4 is 5.32 Å². The Morgan fingerprint density at radius 2 is 2.36 bits per heavy atom. The van der Waals surface area contributed by atoms with E-state index in [2.05, 4.69) is 35.0 Å². The van der Waals surface area contributed by atoms with Gasteiger partial charge in [0.05, 0.1) is 6.20 Å². The second-order valence-corrected chi connectivity index (χ2v) is 2.52. The minimum atomic E-state index is 0.381. The van der Waals surface area contributed by atoms with E-state index < -0.39 is 0 Å². The smallest absolute Gasteiger partial charge is 0.145 e. The summed E-state index contributed by atoms with van der Waals surface area (Å²) in [5, 5.41) is 3.13. The topological polar surface area (TPSA) is 36.8 Å². The highest BCUT2D eigenvalue weighted by molar-refractivity contribution is 5.84. The Kier molecular flexibility index (Phi) is 2.64. The highest BCUT2D eigenvalue weighted by Crippen LogP contribution is 1.95. The summed E-state index contributed by atoms with van der Waals surface area (Å²) in [5.41, 5.74) is 0. The Balaban J connectivity index is 2.60. The predicted octanol–water partition coefficient (Wildman–Crippen LogP) is 1.09. The van der Waals surface area contributed by atoms with E-state index in [4.69, 9.17) is 0 Å². The molecule has 1 aliphatic rings. The van der Waals surface area contributed by atoms with Gasteiger partial charge in [0.15, 0.2) is 0 Å². The molecule has 1 aliphatic heterocycles. The number of rotatable bonds is 2. The molecule has 0 amide bonds. The van der Waals surface area contributed by atoms with Crippen LogP contribution in [-0.4, -0.2) is 18.1 Å². The molecule has 0 aromatic carbocycles. The Labute approximate surface area is 66.2 Å². The van der Waals surface area contributed by atoms with Crippen molar-refractivity contribution in [3.8, 4) is 0 Å². The fraction of sp³-hybridized carbons (Fsp3) is 0.375. The van der Waals surface area contributed by atoms with Crippen LogP contribution in [0, 0.1) is 0 Å². The summed E-state index contributed by atoms with van der Waals surface area (Å²) in [7, 11) is 0. The molecule has 3 nitrogen and oxygen atoms in total. The van der Waals surface area contributed by atoms with E-state index in [0.29, 0.717) is 6.04 Å². The highest BCUT2D eigenvalue weighted by Gasteiger charge is 1.95. The third kappa shape index (κ3) is 2.83. The second-order valence-electron chi connectivity index (χ2n) is 2.52. The fourth-order valence-corrected chi connectivity index (χ4v) is 0.696. The van der Waals surface area contributed by atoms with Gasteiger partial charge in [-0.3, -0.25) is 0 Å². The fourth-order valence-electron chi connectivity index (χ4n) is 0.696. The molecule has 0 saturated heterocycles. The molecule has 0 saturated carbocycles. The highest BCUT2D eigenvalue weighted by atomic mass is 15.1. The summed E-state index contributed by atoms with van der Waals surface area (Å²) in [6.45, 7) is 4.11. The summed E-state index contributed by atoms with van der Waals surface area (Å²) >= 11 is 0. The van der Waals surface area contributed by atoms with Crippen LogP contribution in [0.5, 0.6) is 0 Å². The lowest BCUT2D eigenvalue weighted by atomic mass is 10.4. The Bertz CT molecular complexity index is 242. The maximum absolute atomic E-state index is 4.08. The molecule has 11 heavy (non-hydrogen) atoms. The van der Waals surface area contributed by atoms with Crippen LogP contribution in [0.1, 0.15) is 13.8 Å². The first-order valence-corrected chi connectivity index (χ1v) is 3.57. The summed E-state index contributed by atoms with van der Waals surface area (Å²) < 4.78 is 0. The standard InChI is InChI=1S/C8H11N3/c1-7(2)11-8-6-9-4-3-5-10-8/h3,5-7,11H,1-2H3. The summed E-state index contributed by atoms with van der Waals surface area (Å²) in [5.74, 6) is 3.46. The van der Waals surface area contributed by atoms with E-state index in [1.165, 1.54) is 0 Å². The average Bonchev–Trinajstić information content (AvgIpc) is 2.14. The van der Waals surface area contributed by atoms with Gasteiger partial charge in [0.2, 0.25) is 0 Å².